The van der Waals surface area contributed by atoms with Gasteiger partial charge in [0.05, 0.1) is 26.1 Å². The predicted octanol–water partition coefficient (Wildman–Crippen LogP) is 7.86. The van der Waals surface area contributed by atoms with Gasteiger partial charge in [-0.3, -0.25) is 9.59 Å². The zero-order chi connectivity index (χ0) is 34.2. The number of methoxy groups -OCH3 is 2. The number of rotatable bonds is 6. The van der Waals surface area contributed by atoms with E-state index in [1.807, 2.05) is 109 Å². The Morgan fingerprint density at radius 2 is 0.854 bits per heavy atom. The van der Waals surface area contributed by atoms with Crippen LogP contribution in [-0.4, -0.2) is 38.1 Å². The smallest absolute Gasteiger partial charge is 0.373 e. The molecule has 244 valence electrons. The van der Waals surface area contributed by atoms with E-state index in [2.05, 4.69) is 41.3 Å². The summed E-state index contributed by atoms with van der Waals surface area (Å²) in [7, 11) is 2.52. The molecule has 2 heterocycles. The molecule has 0 fully saturated rings. The van der Waals surface area contributed by atoms with Crippen LogP contribution in [0, 0.1) is 0 Å². The molecule has 0 amide bonds. The number of cyclic esters (lactones) is 2. The number of carbonyl (C=O) groups excluding carboxylic acids is 4. The Balaban J connectivity index is 0.000000188. The molecular weight excluding hydrogens is 744 g/mol. The Bertz CT molecular complexity index is 1700. The summed E-state index contributed by atoms with van der Waals surface area (Å²) in [5.74, 6) is -4.01. The molecule has 4 aromatic rings. The quantitative estimate of drug-likeness (QED) is 0.144. The van der Waals surface area contributed by atoms with Crippen LogP contribution in [-0.2, 0) is 38.1 Å². The minimum absolute atomic E-state index is 0.0651. The molecule has 10 heteroatoms. The highest BCUT2D eigenvalue weighted by atomic mass is 79.9. The normalized spacial score (nSPS) is 20.1. The summed E-state index contributed by atoms with van der Waals surface area (Å²) in [5.41, 5.74) is 3.53. The molecule has 2 aliphatic heterocycles. The molecule has 0 spiro atoms. The van der Waals surface area contributed by atoms with Crippen LogP contribution in [0.5, 0.6) is 0 Å². The van der Waals surface area contributed by atoms with Crippen molar-refractivity contribution >= 4 is 55.7 Å². The van der Waals surface area contributed by atoms with E-state index in [0.29, 0.717) is 0 Å². The van der Waals surface area contributed by atoms with Crippen molar-refractivity contribution in [3.8, 4) is 0 Å². The van der Waals surface area contributed by atoms with E-state index in [4.69, 9.17) is 9.47 Å². The van der Waals surface area contributed by atoms with Gasteiger partial charge < -0.3 is 18.9 Å². The molecule has 0 unspecified atom stereocenters. The molecule has 0 radical (unpaired) electrons. The summed E-state index contributed by atoms with van der Waals surface area (Å²) >= 11 is 6.79. The van der Waals surface area contributed by atoms with Gasteiger partial charge in [-0.05, 0) is 58.7 Å². The zero-order valence-corrected chi connectivity index (χ0v) is 29.1. The maximum Gasteiger partial charge on any atom is 0.373 e. The van der Waals surface area contributed by atoms with E-state index in [1.54, 1.807) is 12.2 Å². The summed E-state index contributed by atoms with van der Waals surface area (Å²) in [4.78, 5) is 48.8. The van der Waals surface area contributed by atoms with E-state index in [-0.39, 0.29) is 23.4 Å². The molecule has 0 N–H and O–H groups in total. The monoisotopic (exact) mass is 772 g/mol. The third kappa shape index (κ3) is 8.00. The molecule has 48 heavy (non-hydrogen) atoms. The van der Waals surface area contributed by atoms with E-state index < -0.39 is 35.7 Å². The van der Waals surface area contributed by atoms with Gasteiger partial charge in [-0.15, -0.1) is 0 Å². The number of benzene rings is 4. The largest absolute Gasteiger partial charge is 0.463 e. The lowest BCUT2D eigenvalue weighted by atomic mass is 9.80. The number of hydrogen-bond donors (Lipinski definition) is 0. The molecule has 0 bridgehead atoms. The minimum atomic E-state index is -0.654. The van der Waals surface area contributed by atoms with Crippen molar-refractivity contribution in [3.63, 3.8) is 0 Å². The van der Waals surface area contributed by atoms with Crippen molar-refractivity contribution in [2.24, 2.45) is 0 Å². The summed E-state index contributed by atoms with van der Waals surface area (Å²) in [6.45, 7) is 0. The summed E-state index contributed by atoms with van der Waals surface area (Å²) in [6, 6.07) is 34.2. The van der Waals surface area contributed by atoms with Crippen LogP contribution in [0.2, 0.25) is 0 Å². The third-order valence-electron chi connectivity index (χ3n) is 7.91. The number of hydrogen-bond acceptors (Lipinski definition) is 8. The number of allylic oxidation sites excluding steroid dienone is 2. The van der Waals surface area contributed by atoms with Crippen LogP contribution in [0.15, 0.2) is 142 Å². The molecule has 0 aliphatic carbocycles. The maximum atomic E-state index is 12.6. The van der Waals surface area contributed by atoms with E-state index in [1.165, 1.54) is 14.2 Å². The second kappa shape index (κ2) is 15.9. The van der Waals surface area contributed by atoms with Gasteiger partial charge in [-0.1, -0.05) is 117 Å². The van der Waals surface area contributed by atoms with Gasteiger partial charge in [-0.2, -0.15) is 0 Å². The lowest BCUT2D eigenvalue weighted by Gasteiger charge is -2.28. The Kier molecular flexibility index (Phi) is 11.4. The zero-order valence-electron chi connectivity index (χ0n) is 25.9. The Morgan fingerprint density at radius 3 is 1.17 bits per heavy atom. The molecule has 4 atom stereocenters. The highest BCUT2D eigenvalue weighted by molar-refractivity contribution is 9.10. The topological polar surface area (TPSA) is 105 Å². The molecule has 8 nitrogen and oxygen atoms in total. The molecule has 0 aromatic heterocycles. The highest BCUT2D eigenvalue weighted by Gasteiger charge is 2.39. The summed E-state index contributed by atoms with van der Waals surface area (Å²) < 4.78 is 21.7. The van der Waals surface area contributed by atoms with Crippen molar-refractivity contribution in [1.82, 2.24) is 0 Å². The molecule has 0 saturated carbocycles. The first-order chi connectivity index (χ1) is 23.2. The van der Waals surface area contributed by atoms with E-state index in [0.717, 1.165) is 31.2 Å². The fraction of sp³-hybridized carbons (Fsp3) is 0.158. The van der Waals surface area contributed by atoms with Gasteiger partial charge in [0.25, 0.3) is 0 Å². The number of ether oxygens (including phenoxy) is 4. The average Bonchev–Trinajstić information content (AvgIpc) is 3.12. The first-order valence-electron chi connectivity index (χ1n) is 14.8. The SMILES string of the molecule is COC(=O)C1=C[C@@H](c2ccccc2)[C@H](c2ccc(Br)cc2)C(=O)O1.COC(=O)C1=C[C@@H](c2ccccc2)[C@H](c2ccc(Br)cc2)C(=O)O1. The van der Waals surface area contributed by atoms with Gasteiger partial charge in [0, 0.05) is 20.8 Å². The van der Waals surface area contributed by atoms with Gasteiger partial charge in [0.15, 0.2) is 0 Å². The molecule has 0 saturated heterocycles. The first kappa shape index (κ1) is 34.5. The summed E-state index contributed by atoms with van der Waals surface area (Å²) in [5, 5.41) is 0. The second-order valence-corrected chi connectivity index (χ2v) is 12.6. The highest BCUT2D eigenvalue weighted by Crippen LogP contribution is 2.41. The molecular formula is C38H30Br2O8. The van der Waals surface area contributed by atoms with Gasteiger partial charge in [0.1, 0.15) is 0 Å². The Morgan fingerprint density at radius 1 is 0.521 bits per heavy atom. The standard InChI is InChI=1S/2C19H15BrO4/c2*1-23-18(21)16-11-15(12-5-3-2-4-6-12)17(19(22)24-16)13-7-9-14(20)10-8-13/h2*2-11,15,17H,1H3/t2*15-,17-/m00/s1. The van der Waals surface area contributed by atoms with Crippen molar-refractivity contribution in [2.75, 3.05) is 14.2 Å². The first-order valence-corrected chi connectivity index (χ1v) is 16.4. The second-order valence-electron chi connectivity index (χ2n) is 10.8. The molecule has 2 aliphatic rings. The van der Waals surface area contributed by atoms with Crippen molar-refractivity contribution in [2.45, 2.75) is 23.7 Å². The molecule has 6 rings (SSSR count). The van der Waals surface area contributed by atoms with Gasteiger partial charge >= 0.3 is 23.9 Å². The van der Waals surface area contributed by atoms with Gasteiger partial charge in [-0.25, -0.2) is 9.59 Å². The Hall–Kier alpha value is -4.80. The lowest BCUT2D eigenvalue weighted by molar-refractivity contribution is -0.152. The third-order valence-corrected chi connectivity index (χ3v) is 8.97. The Labute approximate surface area is 294 Å². The van der Waals surface area contributed by atoms with Crippen molar-refractivity contribution in [3.05, 3.63) is 164 Å². The maximum absolute atomic E-state index is 12.6. The fourth-order valence-corrected chi connectivity index (χ4v) is 6.13. The number of esters is 4. The fourth-order valence-electron chi connectivity index (χ4n) is 5.60. The van der Waals surface area contributed by atoms with Crippen LogP contribution >= 0.6 is 31.9 Å². The van der Waals surface area contributed by atoms with Crippen LogP contribution in [0.25, 0.3) is 0 Å². The number of carbonyl (C=O) groups is 4. The van der Waals surface area contributed by atoms with Gasteiger partial charge in [0.2, 0.25) is 11.5 Å². The predicted molar refractivity (Wildman–Crippen MR) is 185 cm³/mol. The van der Waals surface area contributed by atoms with Crippen LogP contribution in [0.1, 0.15) is 45.9 Å². The minimum Gasteiger partial charge on any atom is -0.463 e. The lowest BCUT2D eigenvalue weighted by Crippen LogP contribution is -2.29. The number of halogens is 2. The van der Waals surface area contributed by atoms with E-state index in [9.17, 15) is 19.2 Å². The van der Waals surface area contributed by atoms with Crippen LogP contribution in [0.4, 0.5) is 0 Å². The van der Waals surface area contributed by atoms with Crippen LogP contribution in [0.3, 0.4) is 0 Å². The molecule has 4 aromatic carbocycles. The van der Waals surface area contributed by atoms with Crippen LogP contribution < -0.4 is 0 Å². The van der Waals surface area contributed by atoms with Crippen molar-refractivity contribution in [1.29, 1.82) is 0 Å². The van der Waals surface area contributed by atoms with E-state index >= 15 is 0 Å². The average molecular weight is 774 g/mol. The van der Waals surface area contributed by atoms with Crippen molar-refractivity contribution < 1.29 is 38.1 Å². The summed E-state index contributed by atoms with van der Waals surface area (Å²) in [6.07, 6.45) is 3.32.